The van der Waals surface area contributed by atoms with Gasteiger partial charge in [-0.1, -0.05) is 0 Å². The summed E-state index contributed by atoms with van der Waals surface area (Å²) in [5, 5.41) is 0. The van der Waals surface area contributed by atoms with Gasteiger partial charge in [-0.05, 0) is 12.8 Å². The van der Waals surface area contributed by atoms with Crippen molar-refractivity contribution in [2.24, 2.45) is 10.7 Å². The second-order valence-corrected chi connectivity index (χ2v) is 4.55. The molecule has 2 aliphatic heterocycles. The topological polar surface area (TPSA) is 69.3 Å². The summed E-state index contributed by atoms with van der Waals surface area (Å²) in [5.74, 6) is 0.627. The molecule has 19 heavy (non-hydrogen) atoms. The van der Waals surface area contributed by atoms with Crippen LogP contribution in [0.3, 0.4) is 0 Å². The van der Waals surface area contributed by atoms with Crippen LogP contribution < -0.4 is 5.73 Å². The molecule has 0 radical (unpaired) electrons. The predicted molar refractivity (Wildman–Crippen MR) is 84.1 cm³/mol. The van der Waals surface area contributed by atoms with E-state index in [4.69, 9.17) is 19.9 Å². The molecule has 2 N–H and O–H groups in total. The van der Waals surface area contributed by atoms with Gasteiger partial charge in [-0.3, -0.25) is 4.99 Å². The highest BCUT2D eigenvalue weighted by molar-refractivity contribution is 14.0. The fourth-order valence-corrected chi connectivity index (χ4v) is 2.04. The summed E-state index contributed by atoms with van der Waals surface area (Å²) in [6.07, 6.45) is 2.20. The molecule has 0 aromatic heterocycles. The number of morpholine rings is 1. The number of rotatable bonds is 5. The Balaban J connectivity index is 0.00000180. The van der Waals surface area contributed by atoms with Crippen LogP contribution in [0.1, 0.15) is 12.8 Å². The van der Waals surface area contributed by atoms with Crippen molar-refractivity contribution in [3.05, 3.63) is 0 Å². The van der Waals surface area contributed by atoms with E-state index in [9.17, 15) is 0 Å². The minimum atomic E-state index is 0. The van der Waals surface area contributed by atoms with Crippen molar-refractivity contribution in [3.8, 4) is 0 Å². The second kappa shape index (κ2) is 9.73. The maximum absolute atomic E-state index is 5.91. The number of halogens is 1. The molecule has 0 bridgehead atoms. The summed E-state index contributed by atoms with van der Waals surface area (Å²) in [7, 11) is 0. The minimum absolute atomic E-state index is 0. The number of ether oxygens (including phenoxy) is 3. The van der Waals surface area contributed by atoms with Crippen LogP contribution in [0.5, 0.6) is 0 Å². The van der Waals surface area contributed by atoms with Crippen molar-refractivity contribution in [3.63, 3.8) is 0 Å². The normalized spacial score (nSPS) is 24.3. The van der Waals surface area contributed by atoms with Crippen molar-refractivity contribution >= 4 is 29.9 Å². The third kappa shape index (κ3) is 6.24. The Morgan fingerprint density at radius 2 is 2.05 bits per heavy atom. The van der Waals surface area contributed by atoms with Crippen LogP contribution >= 0.6 is 24.0 Å². The zero-order chi connectivity index (χ0) is 12.6. The van der Waals surface area contributed by atoms with E-state index < -0.39 is 0 Å². The number of aliphatic imine (C=N–C) groups is 1. The Morgan fingerprint density at radius 1 is 1.26 bits per heavy atom. The SMILES string of the molecule is I.NC(=NCCCOC1CCOC1)N1CCOCC1. The van der Waals surface area contributed by atoms with Gasteiger partial charge in [0.05, 0.1) is 25.9 Å². The van der Waals surface area contributed by atoms with Crippen LogP contribution in [-0.2, 0) is 14.2 Å². The molecule has 2 rings (SSSR count). The summed E-state index contributed by atoms with van der Waals surface area (Å²) in [4.78, 5) is 6.43. The first kappa shape index (κ1) is 16.9. The zero-order valence-electron chi connectivity index (χ0n) is 11.3. The lowest BCUT2D eigenvalue weighted by atomic mass is 10.3. The van der Waals surface area contributed by atoms with Crippen LogP contribution in [0.4, 0.5) is 0 Å². The summed E-state index contributed by atoms with van der Waals surface area (Å²) in [6.45, 7) is 6.16. The van der Waals surface area contributed by atoms with E-state index in [2.05, 4.69) is 9.89 Å². The highest BCUT2D eigenvalue weighted by Crippen LogP contribution is 2.08. The van der Waals surface area contributed by atoms with Crippen LogP contribution in [0.15, 0.2) is 4.99 Å². The first-order valence-electron chi connectivity index (χ1n) is 6.68. The quantitative estimate of drug-likeness (QED) is 0.322. The van der Waals surface area contributed by atoms with Crippen molar-refractivity contribution in [1.29, 1.82) is 0 Å². The lowest BCUT2D eigenvalue weighted by Gasteiger charge is -2.27. The van der Waals surface area contributed by atoms with Gasteiger partial charge in [0.25, 0.3) is 0 Å². The van der Waals surface area contributed by atoms with E-state index in [1.807, 2.05) is 0 Å². The summed E-state index contributed by atoms with van der Waals surface area (Å²) >= 11 is 0. The number of nitrogens with two attached hydrogens (primary N) is 1. The average Bonchev–Trinajstić information content (AvgIpc) is 2.92. The van der Waals surface area contributed by atoms with E-state index in [0.717, 1.165) is 65.5 Å². The molecule has 2 saturated heterocycles. The molecule has 0 aromatic carbocycles. The molecule has 1 atom stereocenters. The molecule has 7 heteroatoms. The molecular formula is C12H24IN3O3. The third-order valence-electron chi connectivity index (χ3n) is 3.15. The first-order valence-corrected chi connectivity index (χ1v) is 6.68. The van der Waals surface area contributed by atoms with Gasteiger partial charge in [0, 0.05) is 32.8 Å². The summed E-state index contributed by atoms with van der Waals surface area (Å²) in [6, 6.07) is 0. The Hall–Kier alpha value is -0.120. The largest absolute Gasteiger partial charge is 0.379 e. The Kier molecular flexibility index (Phi) is 8.67. The smallest absolute Gasteiger partial charge is 0.191 e. The summed E-state index contributed by atoms with van der Waals surface area (Å²) in [5.41, 5.74) is 5.91. The lowest BCUT2D eigenvalue weighted by Crippen LogP contribution is -2.44. The molecule has 2 heterocycles. The van der Waals surface area contributed by atoms with E-state index in [1.165, 1.54) is 0 Å². The zero-order valence-corrected chi connectivity index (χ0v) is 13.6. The maximum atomic E-state index is 5.91. The predicted octanol–water partition coefficient (Wildman–Crippen LogP) is 0.447. The summed E-state index contributed by atoms with van der Waals surface area (Å²) < 4.78 is 16.2. The van der Waals surface area contributed by atoms with E-state index >= 15 is 0 Å². The number of hydrogen-bond donors (Lipinski definition) is 1. The standard InChI is InChI=1S/C12H23N3O3.HI/c13-12(15-4-8-16-9-5-15)14-3-1-6-18-11-2-7-17-10-11;/h11H,1-10H2,(H2,13,14);1H. The molecule has 0 aromatic rings. The fraction of sp³-hybridized carbons (Fsp3) is 0.917. The van der Waals surface area contributed by atoms with E-state index in [1.54, 1.807) is 0 Å². The minimum Gasteiger partial charge on any atom is -0.379 e. The molecule has 112 valence electrons. The third-order valence-corrected chi connectivity index (χ3v) is 3.15. The first-order chi connectivity index (χ1) is 8.86. The monoisotopic (exact) mass is 385 g/mol. The van der Waals surface area contributed by atoms with Gasteiger partial charge in [-0.2, -0.15) is 0 Å². The van der Waals surface area contributed by atoms with Gasteiger partial charge in [-0.15, -0.1) is 24.0 Å². The van der Waals surface area contributed by atoms with Crippen molar-refractivity contribution in [2.45, 2.75) is 18.9 Å². The molecule has 0 saturated carbocycles. The molecule has 0 aliphatic carbocycles. The van der Waals surface area contributed by atoms with Crippen LogP contribution in [0.2, 0.25) is 0 Å². The molecule has 0 amide bonds. The van der Waals surface area contributed by atoms with Crippen LogP contribution in [0.25, 0.3) is 0 Å². The number of nitrogens with zero attached hydrogens (tertiary/aromatic N) is 2. The van der Waals surface area contributed by atoms with E-state index in [0.29, 0.717) is 5.96 Å². The Labute approximate surface area is 131 Å². The second-order valence-electron chi connectivity index (χ2n) is 4.55. The number of guanidine groups is 1. The molecule has 2 fully saturated rings. The molecule has 2 aliphatic rings. The fourth-order valence-electron chi connectivity index (χ4n) is 2.04. The maximum Gasteiger partial charge on any atom is 0.191 e. The Bertz CT molecular complexity index is 267. The van der Waals surface area contributed by atoms with Crippen molar-refractivity contribution in [2.75, 3.05) is 52.7 Å². The molecule has 1 unspecified atom stereocenters. The van der Waals surface area contributed by atoms with Crippen molar-refractivity contribution < 1.29 is 14.2 Å². The van der Waals surface area contributed by atoms with Crippen LogP contribution in [0, 0.1) is 0 Å². The van der Waals surface area contributed by atoms with E-state index in [-0.39, 0.29) is 30.1 Å². The van der Waals surface area contributed by atoms with Crippen LogP contribution in [-0.4, -0.2) is 69.6 Å². The van der Waals surface area contributed by atoms with Gasteiger partial charge >= 0.3 is 0 Å². The van der Waals surface area contributed by atoms with Gasteiger partial charge in [0.2, 0.25) is 0 Å². The molecule has 6 nitrogen and oxygen atoms in total. The average molecular weight is 385 g/mol. The number of hydrogen-bond acceptors (Lipinski definition) is 4. The van der Waals surface area contributed by atoms with Gasteiger partial charge in [0.1, 0.15) is 0 Å². The Morgan fingerprint density at radius 3 is 2.74 bits per heavy atom. The molecule has 0 spiro atoms. The van der Waals surface area contributed by atoms with Crippen molar-refractivity contribution in [1.82, 2.24) is 4.90 Å². The molecular weight excluding hydrogens is 361 g/mol. The van der Waals surface area contributed by atoms with Gasteiger partial charge in [0.15, 0.2) is 5.96 Å². The lowest BCUT2D eigenvalue weighted by molar-refractivity contribution is 0.0423. The highest BCUT2D eigenvalue weighted by atomic mass is 127. The van der Waals surface area contributed by atoms with Gasteiger partial charge in [-0.25, -0.2) is 0 Å². The highest BCUT2D eigenvalue weighted by Gasteiger charge is 2.15. The van der Waals surface area contributed by atoms with Gasteiger partial charge < -0.3 is 24.8 Å².